The van der Waals surface area contributed by atoms with E-state index in [0.29, 0.717) is 17.5 Å². The highest BCUT2D eigenvalue weighted by Gasteiger charge is 2.15. The second-order valence-electron chi connectivity index (χ2n) is 6.26. The van der Waals surface area contributed by atoms with Crippen LogP contribution in [-0.4, -0.2) is 37.8 Å². The van der Waals surface area contributed by atoms with Crippen molar-refractivity contribution in [3.8, 4) is 0 Å². The van der Waals surface area contributed by atoms with E-state index in [9.17, 15) is 4.79 Å². The molecular formula is C19H19N5OS2. The number of rotatable bonds is 6. The van der Waals surface area contributed by atoms with Crippen molar-refractivity contribution < 1.29 is 4.79 Å². The van der Waals surface area contributed by atoms with Crippen molar-refractivity contribution in [1.29, 1.82) is 0 Å². The second-order valence-corrected chi connectivity index (χ2v) is 8.40. The van der Waals surface area contributed by atoms with Crippen molar-refractivity contribution in [2.75, 3.05) is 12.3 Å². The van der Waals surface area contributed by atoms with E-state index in [-0.39, 0.29) is 5.91 Å². The summed E-state index contributed by atoms with van der Waals surface area (Å²) < 4.78 is 1.86. The fraction of sp³-hybridized carbons (Fsp3) is 0.263. The zero-order chi connectivity index (χ0) is 18.8. The van der Waals surface area contributed by atoms with E-state index >= 15 is 0 Å². The number of carbonyl (C=O) groups excluding carboxylic acids is 1. The predicted octanol–water partition coefficient (Wildman–Crippen LogP) is 3.41. The molecule has 0 spiro atoms. The zero-order valence-electron chi connectivity index (χ0n) is 15.1. The maximum Gasteiger partial charge on any atom is 0.230 e. The molecule has 0 bridgehead atoms. The Hall–Kier alpha value is -2.45. The van der Waals surface area contributed by atoms with Crippen LogP contribution in [0.15, 0.2) is 41.8 Å². The molecule has 0 aliphatic heterocycles. The first-order valence-electron chi connectivity index (χ1n) is 8.66. The summed E-state index contributed by atoms with van der Waals surface area (Å²) in [5.74, 6) is 0.291. The topological polar surface area (TPSA) is 72.2 Å². The van der Waals surface area contributed by atoms with Crippen molar-refractivity contribution >= 4 is 44.9 Å². The highest BCUT2D eigenvalue weighted by atomic mass is 32.2. The summed E-state index contributed by atoms with van der Waals surface area (Å²) in [6.45, 7) is 4.79. The third kappa shape index (κ3) is 3.68. The van der Waals surface area contributed by atoms with Gasteiger partial charge in [-0.15, -0.1) is 21.5 Å². The Morgan fingerprint density at radius 2 is 2.04 bits per heavy atom. The van der Waals surface area contributed by atoms with Gasteiger partial charge >= 0.3 is 0 Å². The van der Waals surface area contributed by atoms with Crippen LogP contribution in [0.3, 0.4) is 0 Å². The van der Waals surface area contributed by atoms with E-state index in [0.717, 1.165) is 22.3 Å². The number of nitrogens with zero attached hydrogens (tertiary/aromatic N) is 4. The number of amides is 1. The number of thioether (sulfide) groups is 1. The molecular weight excluding hydrogens is 378 g/mol. The molecule has 4 aromatic rings. The minimum absolute atomic E-state index is 0.00993. The number of thiophene rings is 1. The molecule has 6 nitrogen and oxygen atoms in total. The number of benzene rings is 1. The zero-order valence-corrected chi connectivity index (χ0v) is 16.7. The molecule has 1 aromatic carbocycles. The molecule has 0 radical (unpaired) electrons. The largest absolute Gasteiger partial charge is 0.355 e. The first kappa shape index (κ1) is 17.9. The summed E-state index contributed by atoms with van der Waals surface area (Å²) in [5, 5.41) is 13.3. The lowest BCUT2D eigenvalue weighted by atomic mass is 10.1. The van der Waals surface area contributed by atoms with Gasteiger partial charge < -0.3 is 5.32 Å². The van der Waals surface area contributed by atoms with E-state index in [2.05, 4.69) is 46.5 Å². The van der Waals surface area contributed by atoms with Crippen molar-refractivity contribution in [3.05, 3.63) is 52.7 Å². The molecule has 1 amide bonds. The summed E-state index contributed by atoms with van der Waals surface area (Å²) in [7, 11) is 0. The van der Waals surface area contributed by atoms with E-state index in [1.54, 1.807) is 17.7 Å². The first-order valence-corrected chi connectivity index (χ1v) is 10.5. The molecule has 0 fully saturated rings. The molecule has 4 rings (SSSR count). The number of nitrogens with one attached hydrogen (secondary N) is 1. The van der Waals surface area contributed by atoms with Crippen molar-refractivity contribution in [2.24, 2.45) is 0 Å². The van der Waals surface area contributed by atoms with E-state index in [1.807, 2.05) is 22.6 Å². The molecule has 3 heterocycles. The van der Waals surface area contributed by atoms with Crippen molar-refractivity contribution in [2.45, 2.75) is 25.4 Å². The van der Waals surface area contributed by atoms with Crippen LogP contribution >= 0.6 is 23.1 Å². The summed E-state index contributed by atoms with van der Waals surface area (Å²) in [5.41, 5.74) is 3.20. The molecule has 8 heteroatoms. The minimum Gasteiger partial charge on any atom is -0.355 e. The van der Waals surface area contributed by atoms with Crippen LogP contribution in [0.1, 0.15) is 16.0 Å². The number of hydrogen-bond acceptors (Lipinski definition) is 6. The van der Waals surface area contributed by atoms with Crippen LogP contribution in [0.25, 0.3) is 15.9 Å². The quantitative estimate of drug-likeness (QED) is 0.505. The Bertz CT molecular complexity index is 1100. The maximum atomic E-state index is 12.1. The summed E-state index contributed by atoms with van der Waals surface area (Å²) in [6, 6.07) is 10.1. The summed E-state index contributed by atoms with van der Waals surface area (Å²) in [6.07, 6.45) is 2.56. The summed E-state index contributed by atoms with van der Waals surface area (Å²) in [4.78, 5) is 18.9. The van der Waals surface area contributed by atoms with Crippen LogP contribution in [0.2, 0.25) is 0 Å². The normalized spacial score (nSPS) is 11.3. The lowest BCUT2D eigenvalue weighted by molar-refractivity contribution is -0.118. The van der Waals surface area contributed by atoms with Gasteiger partial charge in [0.25, 0.3) is 0 Å². The SMILES string of the molecule is Cc1sc2ncn3c(SCC(=O)NCCc4ccccc4)nnc3c2c1C. The molecule has 0 aliphatic carbocycles. The third-order valence-electron chi connectivity index (χ3n) is 4.46. The Labute approximate surface area is 165 Å². The van der Waals surface area contributed by atoms with Crippen LogP contribution in [0, 0.1) is 13.8 Å². The Kier molecular flexibility index (Phi) is 5.09. The van der Waals surface area contributed by atoms with Gasteiger partial charge in [0.05, 0.1) is 11.1 Å². The predicted molar refractivity (Wildman–Crippen MR) is 110 cm³/mol. The number of aryl methyl sites for hydroxylation is 2. The molecule has 27 heavy (non-hydrogen) atoms. The van der Waals surface area contributed by atoms with Crippen LogP contribution in [-0.2, 0) is 11.2 Å². The number of carbonyl (C=O) groups is 1. The Morgan fingerprint density at radius 1 is 1.22 bits per heavy atom. The van der Waals surface area contributed by atoms with E-state index < -0.39 is 0 Å². The molecule has 1 N–H and O–H groups in total. The molecule has 0 unspecified atom stereocenters. The molecule has 0 aliphatic rings. The average molecular weight is 398 g/mol. The van der Waals surface area contributed by atoms with Gasteiger partial charge in [0.2, 0.25) is 5.91 Å². The lowest BCUT2D eigenvalue weighted by Crippen LogP contribution is -2.27. The number of fused-ring (bicyclic) bond motifs is 3. The molecule has 0 saturated carbocycles. The maximum absolute atomic E-state index is 12.1. The van der Waals surface area contributed by atoms with Gasteiger partial charge in [0.15, 0.2) is 10.8 Å². The monoisotopic (exact) mass is 397 g/mol. The van der Waals surface area contributed by atoms with Crippen LogP contribution < -0.4 is 5.32 Å². The van der Waals surface area contributed by atoms with Crippen molar-refractivity contribution in [1.82, 2.24) is 24.9 Å². The smallest absolute Gasteiger partial charge is 0.230 e. The first-order chi connectivity index (χ1) is 13.1. The van der Waals surface area contributed by atoms with E-state index in [4.69, 9.17) is 0 Å². The third-order valence-corrected chi connectivity index (χ3v) is 6.51. The minimum atomic E-state index is -0.00993. The summed E-state index contributed by atoms with van der Waals surface area (Å²) >= 11 is 3.04. The van der Waals surface area contributed by atoms with Crippen LogP contribution in [0.5, 0.6) is 0 Å². The standard InChI is InChI=1S/C19H19N5OS2/c1-12-13(2)27-18-16(12)17-22-23-19(24(17)11-21-18)26-10-15(25)20-9-8-14-6-4-3-5-7-14/h3-7,11H,8-10H2,1-2H3,(H,20,25). The lowest BCUT2D eigenvalue weighted by Gasteiger charge is -2.05. The highest BCUT2D eigenvalue weighted by Crippen LogP contribution is 2.31. The van der Waals surface area contributed by atoms with Gasteiger partial charge in [-0.05, 0) is 31.4 Å². The molecule has 138 valence electrons. The number of aromatic nitrogens is 4. The average Bonchev–Trinajstić information content (AvgIpc) is 3.21. The highest BCUT2D eigenvalue weighted by molar-refractivity contribution is 7.99. The molecule has 0 saturated heterocycles. The van der Waals surface area contributed by atoms with Crippen molar-refractivity contribution in [3.63, 3.8) is 0 Å². The molecule has 3 aromatic heterocycles. The van der Waals surface area contributed by atoms with Gasteiger partial charge in [0, 0.05) is 11.4 Å². The number of hydrogen-bond donors (Lipinski definition) is 1. The fourth-order valence-electron chi connectivity index (χ4n) is 2.90. The Balaban J connectivity index is 1.40. The van der Waals surface area contributed by atoms with Gasteiger partial charge in [-0.25, -0.2) is 4.98 Å². The van der Waals surface area contributed by atoms with E-state index in [1.165, 1.54) is 27.8 Å². The Morgan fingerprint density at radius 3 is 2.85 bits per heavy atom. The van der Waals surface area contributed by atoms with Gasteiger partial charge in [-0.1, -0.05) is 42.1 Å². The fourth-order valence-corrected chi connectivity index (χ4v) is 4.62. The molecule has 0 atom stereocenters. The van der Waals surface area contributed by atoms with Gasteiger partial charge in [-0.3, -0.25) is 9.20 Å². The second kappa shape index (κ2) is 7.66. The van der Waals surface area contributed by atoms with Gasteiger partial charge in [0.1, 0.15) is 11.2 Å². The van der Waals surface area contributed by atoms with Gasteiger partial charge in [-0.2, -0.15) is 0 Å². The van der Waals surface area contributed by atoms with Crippen LogP contribution in [0.4, 0.5) is 0 Å².